The molecule has 8 heteroatoms. The normalized spacial score (nSPS) is 20.9. The van der Waals surface area contributed by atoms with Gasteiger partial charge in [0, 0.05) is 12.1 Å². The number of hydrogen-bond donors (Lipinski definition) is 1. The third-order valence-electron chi connectivity index (χ3n) is 8.10. The fraction of sp³-hybridized carbons (Fsp3) is 0.290. The van der Waals surface area contributed by atoms with Gasteiger partial charge in [0.15, 0.2) is 11.4 Å². The number of para-hydroxylation sites is 2. The van der Waals surface area contributed by atoms with Crippen LogP contribution in [0.25, 0.3) is 16.6 Å². The number of carbonyl (C=O) groups excluding carboxylic acids is 2. The van der Waals surface area contributed by atoms with Crippen molar-refractivity contribution in [1.82, 2.24) is 19.4 Å². The fourth-order valence-electron chi connectivity index (χ4n) is 5.93. The monoisotopic (exact) mass is 522 g/mol. The summed E-state index contributed by atoms with van der Waals surface area (Å²) >= 11 is 0. The van der Waals surface area contributed by atoms with Gasteiger partial charge in [0.2, 0.25) is 5.91 Å². The quantitative estimate of drug-likeness (QED) is 0.420. The van der Waals surface area contributed by atoms with E-state index in [0.29, 0.717) is 28.7 Å². The second-order valence-electron chi connectivity index (χ2n) is 10.7. The summed E-state index contributed by atoms with van der Waals surface area (Å²) in [6.45, 7) is 6.32. The number of amides is 3. The molecule has 4 aromatic rings. The molecule has 2 aliphatic rings. The average Bonchev–Trinajstić information content (AvgIpc) is 3.41. The Morgan fingerprint density at radius 2 is 1.64 bits per heavy atom. The smallest absolute Gasteiger partial charge is 0.327 e. The van der Waals surface area contributed by atoms with E-state index < -0.39 is 17.9 Å². The molecular formula is C31H30N4O4. The number of rotatable bonds is 5. The van der Waals surface area contributed by atoms with Crippen LogP contribution in [0, 0.1) is 5.92 Å². The molecule has 0 aliphatic carbocycles. The van der Waals surface area contributed by atoms with Crippen molar-refractivity contribution in [2.24, 2.45) is 5.92 Å². The third-order valence-corrected chi connectivity index (χ3v) is 8.10. The van der Waals surface area contributed by atoms with Gasteiger partial charge in [-0.3, -0.25) is 19.1 Å². The van der Waals surface area contributed by atoms with Gasteiger partial charge in [0.1, 0.15) is 0 Å². The first-order valence-corrected chi connectivity index (χ1v) is 13.2. The van der Waals surface area contributed by atoms with Crippen molar-refractivity contribution in [3.8, 4) is 5.69 Å². The number of urea groups is 1. The molecule has 1 N–H and O–H groups in total. The molecule has 3 amide bonds. The van der Waals surface area contributed by atoms with Crippen LogP contribution in [-0.2, 0) is 10.4 Å². The van der Waals surface area contributed by atoms with Crippen LogP contribution in [0.15, 0.2) is 83.7 Å². The fourth-order valence-corrected chi connectivity index (χ4v) is 5.93. The van der Waals surface area contributed by atoms with Crippen LogP contribution in [0.1, 0.15) is 50.2 Å². The Labute approximate surface area is 226 Å². The average molecular weight is 523 g/mol. The lowest BCUT2D eigenvalue weighted by molar-refractivity contribution is -0.134. The maximum Gasteiger partial charge on any atom is 0.327 e. The van der Waals surface area contributed by atoms with Crippen molar-refractivity contribution in [2.45, 2.75) is 44.9 Å². The molecule has 3 aromatic carbocycles. The van der Waals surface area contributed by atoms with Gasteiger partial charge in [-0.2, -0.15) is 0 Å². The zero-order valence-electron chi connectivity index (χ0n) is 22.1. The standard InChI is InChI=1S/C31H30N4O4/c1-19(2)26-18-33(20(3)21-11-5-4-6-12-21)30(38)34(26)27(36)17-31(39)23-14-8-10-16-25(23)35-28(37)22-13-7-9-15-24(22)32-29(31)35/h4-16,19-20,26,39H,17-18H2,1-3H3/t20-,26-,31+/m1/s1. The van der Waals surface area contributed by atoms with Crippen LogP contribution < -0.4 is 5.56 Å². The highest BCUT2D eigenvalue weighted by atomic mass is 16.3. The Morgan fingerprint density at radius 3 is 2.38 bits per heavy atom. The molecule has 0 unspecified atom stereocenters. The lowest BCUT2D eigenvalue weighted by Gasteiger charge is -2.29. The molecule has 1 saturated heterocycles. The Balaban J connectivity index is 1.40. The van der Waals surface area contributed by atoms with Gasteiger partial charge in [-0.1, -0.05) is 74.5 Å². The molecule has 6 rings (SSSR count). The van der Waals surface area contributed by atoms with Crippen molar-refractivity contribution >= 4 is 22.8 Å². The summed E-state index contributed by atoms with van der Waals surface area (Å²) in [4.78, 5) is 49.0. The molecule has 0 saturated carbocycles. The Bertz CT molecular complexity index is 1660. The van der Waals surface area contributed by atoms with Gasteiger partial charge < -0.3 is 10.0 Å². The van der Waals surface area contributed by atoms with E-state index in [1.807, 2.05) is 51.1 Å². The number of imide groups is 1. The minimum atomic E-state index is -1.88. The van der Waals surface area contributed by atoms with Gasteiger partial charge in [-0.25, -0.2) is 9.78 Å². The summed E-state index contributed by atoms with van der Waals surface area (Å²) in [6.07, 6.45) is -0.419. The molecule has 0 spiro atoms. The first kappa shape index (κ1) is 25.0. The van der Waals surface area contributed by atoms with Crippen LogP contribution >= 0.6 is 0 Å². The summed E-state index contributed by atoms with van der Waals surface area (Å²) in [6, 6.07) is 22.7. The Kier molecular flexibility index (Phi) is 5.88. The predicted octanol–water partition coefficient (Wildman–Crippen LogP) is 4.38. The van der Waals surface area contributed by atoms with E-state index in [0.717, 1.165) is 5.56 Å². The van der Waals surface area contributed by atoms with Crippen molar-refractivity contribution in [3.05, 3.63) is 106 Å². The van der Waals surface area contributed by atoms with Crippen molar-refractivity contribution in [3.63, 3.8) is 0 Å². The number of aromatic nitrogens is 2. The highest BCUT2D eigenvalue weighted by Crippen LogP contribution is 2.43. The maximum atomic E-state index is 14.0. The van der Waals surface area contributed by atoms with Crippen LogP contribution in [0.3, 0.4) is 0 Å². The maximum absolute atomic E-state index is 14.0. The first-order chi connectivity index (χ1) is 18.7. The predicted molar refractivity (Wildman–Crippen MR) is 147 cm³/mol. The van der Waals surface area contributed by atoms with Crippen molar-refractivity contribution in [2.75, 3.05) is 6.54 Å². The van der Waals surface area contributed by atoms with Crippen LogP contribution in [-0.4, -0.2) is 49.0 Å². The number of fused-ring (bicyclic) bond motifs is 4. The largest absolute Gasteiger partial charge is 0.376 e. The molecule has 3 atom stereocenters. The van der Waals surface area contributed by atoms with E-state index >= 15 is 0 Å². The number of nitrogens with zero attached hydrogens (tertiary/aromatic N) is 4. The molecule has 1 aromatic heterocycles. The van der Waals surface area contributed by atoms with Gasteiger partial charge in [-0.15, -0.1) is 0 Å². The van der Waals surface area contributed by atoms with Crippen LogP contribution in [0.2, 0.25) is 0 Å². The van der Waals surface area contributed by atoms with Gasteiger partial charge in [0.05, 0.1) is 35.1 Å². The molecule has 1 fully saturated rings. The van der Waals surface area contributed by atoms with Crippen molar-refractivity contribution < 1.29 is 14.7 Å². The zero-order valence-corrected chi connectivity index (χ0v) is 22.1. The van der Waals surface area contributed by atoms with E-state index in [2.05, 4.69) is 4.98 Å². The third kappa shape index (κ3) is 3.78. The first-order valence-electron chi connectivity index (χ1n) is 13.2. The Hall–Kier alpha value is -4.30. The molecule has 8 nitrogen and oxygen atoms in total. The van der Waals surface area contributed by atoms with Crippen LogP contribution in [0.5, 0.6) is 0 Å². The molecule has 2 aliphatic heterocycles. The topological polar surface area (TPSA) is 95.7 Å². The van der Waals surface area contributed by atoms with Gasteiger partial charge in [0.25, 0.3) is 5.56 Å². The Morgan fingerprint density at radius 1 is 0.974 bits per heavy atom. The summed E-state index contributed by atoms with van der Waals surface area (Å²) in [5.41, 5.74) is 0.130. The van der Waals surface area contributed by atoms with E-state index in [1.165, 1.54) is 9.47 Å². The van der Waals surface area contributed by atoms with E-state index in [-0.39, 0.29) is 35.4 Å². The van der Waals surface area contributed by atoms with Crippen LogP contribution in [0.4, 0.5) is 4.79 Å². The highest BCUT2D eigenvalue weighted by molar-refractivity contribution is 5.97. The van der Waals surface area contributed by atoms with Crippen molar-refractivity contribution in [1.29, 1.82) is 0 Å². The minimum Gasteiger partial charge on any atom is -0.376 e. The molecular weight excluding hydrogens is 492 g/mol. The lowest BCUT2D eigenvalue weighted by Crippen LogP contribution is -2.46. The molecule has 3 heterocycles. The van der Waals surface area contributed by atoms with Gasteiger partial charge in [-0.05, 0) is 36.6 Å². The number of hydrogen-bond acceptors (Lipinski definition) is 5. The number of carbonyl (C=O) groups is 2. The minimum absolute atomic E-state index is 0.00774. The summed E-state index contributed by atoms with van der Waals surface area (Å²) in [7, 11) is 0. The SMILES string of the molecule is CC(C)[C@H]1CN([C@H](C)c2ccccc2)C(=O)N1C(=O)C[C@]1(O)c2ccccc2-n2c1nc1ccccc1c2=O. The van der Waals surface area contributed by atoms with E-state index in [9.17, 15) is 19.5 Å². The summed E-state index contributed by atoms with van der Waals surface area (Å²) in [5, 5.41) is 12.6. The highest BCUT2D eigenvalue weighted by Gasteiger charge is 2.51. The second kappa shape index (κ2) is 9.17. The summed E-state index contributed by atoms with van der Waals surface area (Å²) < 4.78 is 1.39. The summed E-state index contributed by atoms with van der Waals surface area (Å²) in [5.74, 6) is -0.411. The molecule has 198 valence electrons. The van der Waals surface area contributed by atoms with Gasteiger partial charge >= 0.3 is 6.03 Å². The second-order valence-corrected chi connectivity index (χ2v) is 10.7. The lowest BCUT2D eigenvalue weighted by atomic mass is 9.90. The van der Waals surface area contributed by atoms with E-state index in [4.69, 9.17) is 0 Å². The van der Waals surface area contributed by atoms with E-state index in [1.54, 1.807) is 53.4 Å². The molecule has 39 heavy (non-hydrogen) atoms. The number of aliphatic hydroxyl groups is 1. The zero-order chi connectivity index (χ0) is 27.5. The number of benzene rings is 3. The molecule has 0 radical (unpaired) electrons. The molecule has 0 bridgehead atoms.